The van der Waals surface area contributed by atoms with Crippen LogP contribution in [-0.2, 0) is 10.8 Å². The molecule has 6 aromatic rings. The molecule has 2 aromatic heterocycles. The van der Waals surface area contributed by atoms with Gasteiger partial charge in [-0.05, 0) is 43.8 Å². The Hall–Kier alpha value is -4.67. The molecule has 0 aliphatic heterocycles. The average Bonchev–Trinajstić information content (AvgIpc) is 3.35. The van der Waals surface area contributed by atoms with Crippen molar-refractivity contribution in [3.05, 3.63) is 108 Å². The summed E-state index contributed by atoms with van der Waals surface area (Å²) in [6.07, 6.45) is 6.69. The van der Waals surface area contributed by atoms with Gasteiger partial charge in [0.05, 0.1) is 22.8 Å². The molecule has 0 N–H and O–H groups in total. The molecule has 2 aliphatic carbocycles. The van der Waals surface area contributed by atoms with Crippen molar-refractivity contribution < 1.29 is 10.2 Å². The summed E-state index contributed by atoms with van der Waals surface area (Å²) in [5, 5.41) is 29.2. The number of rotatable bonds is 0. The third-order valence-electron chi connectivity index (χ3n) is 8.33. The fourth-order valence-electron chi connectivity index (χ4n) is 6.61. The molecule has 196 valence electrons. The van der Waals surface area contributed by atoms with E-state index in [0.29, 0.717) is 0 Å². The van der Waals surface area contributed by atoms with E-state index in [4.69, 9.17) is 0 Å². The van der Waals surface area contributed by atoms with Gasteiger partial charge < -0.3 is 10.2 Å². The van der Waals surface area contributed by atoms with Crippen LogP contribution in [0.15, 0.2) is 85.5 Å². The third kappa shape index (κ3) is 3.68. The predicted molar refractivity (Wildman–Crippen MR) is 159 cm³/mol. The standard InChI is InChI=1S/2C17H14N2O.Be/c2*1-17(2)14-11-6-4-3-5-10(11)9-12(20)13(14)15-16(17)19-8-7-18-15;/h2*3-9,20H,1-2H3;/q;;+2/p-2. The Kier molecular flexibility index (Phi) is 5.95. The first-order valence-electron chi connectivity index (χ1n) is 13.3. The van der Waals surface area contributed by atoms with E-state index in [2.05, 4.69) is 59.8 Å². The first-order valence-corrected chi connectivity index (χ1v) is 13.3. The molecule has 0 unspecified atom stereocenters. The molecule has 6 nitrogen and oxygen atoms in total. The van der Waals surface area contributed by atoms with Gasteiger partial charge in [0.15, 0.2) is 0 Å². The number of hydrogen-bond donors (Lipinski definition) is 0. The van der Waals surface area contributed by atoms with Crippen LogP contribution in [0.5, 0.6) is 11.5 Å². The zero-order valence-electron chi connectivity index (χ0n) is 23.4. The molecule has 0 spiro atoms. The predicted octanol–water partition coefficient (Wildman–Crippen LogP) is 5.64. The molecule has 2 aliphatic rings. The number of hydrogen-bond acceptors (Lipinski definition) is 6. The Morgan fingerprint density at radius 3 is 1.32 bits per heavy atom. The molecule has 7 heteroatoms. The van der Waals surface area contributed by atoms with Gasteiger partial charge in [-0.2, -0.15) is 0 Å². The van der Waals surface area contributed by atoms with E-state index < -0.39 is 0 Å². The molecular weight excluding hydrogens is 505 g/mol. The molecule has 2 heterocycles. The van der Waals surface area contributed by atoms with Gasteiger partial charge in [-0.25, -0.2) is 0 Å². The number of aromatic nitrogens is 4. The van der Waals surface area contributed by atoms with Crippen molar-refractivity contribution in [1.29, 1.82) is 0 Å². The second-order valence-electron chi connectivity index (χ2n) is 11.4. The van der Waals surface area contributed by atoms with Crippen LogP contribution >= 0.6 is 0 Å². The summed E-state index contributed by atoms with van der Waals surface area (Å²) in [6, 6.07) is 19.4. The van der Waals surface area contributed by atoms with E-state index in [1.54, 1.807) is 36.9 Å². The summed E-state index contributed by atoms with van der Waals surface area (Å²) in [5.74, 6) is 0.0667. The van der Waals surface area contributed by atoms with Crippen molar-refractivity contribution in [2.45, 2.75) is 38.5 Å². The van der Waals surface area contributed by atoms with Crippen molar-refractivity contribution in [1.82, 2.24) is 19.9 Å². The van der Waals surface area contributed by atoms with Gasteiger partial charge in [-0.15, -0.1) is 0 Å². The zero-order valence-corrected chi connectivity index (χ0v) is 23.4. The van der Waals surface area contributed by atoms with Crippen LogP contribution in [-0.4, -0.2) is 30.1 Å². The van der Waals surface area contributed by atoms with Crippen LogP contribution in [0.25, 0.3) is 44.1 Å². The quantitative estimate of drug-likeness (QED) is 0.235. The maximum absolute atomic E-state index is 12.5. The van der Waals surface area contributed by atoms with Gasteiger partial charge in [0.1, 0.15) is 0 Å². The Balaban J connectivity index is 0.000000144. The summed E-state index contributed by atoms with van der Waals surface area (Å²) in [5.41, 5.74) is 6.23. The molecule has 0 bridgehead atoms. The van der Waals surface area contributed by atoms with Gasteiger partial charge in [-0.3, -0.25) is 19.9 Å². The van der Waals surface area contributed by atoms with Gasteiger partial charge >= 0.3 is 10.1 Å². The van der Waals surface area contributed by atoms with Gasteiger partial charge in [0.2, 0.25) is 0 Å². The summed E-state index contributed by atoms with van der Waals surface area (Å²) < 4.78 is 0. The molecule has 4 aromatic carbocycles. The normalized spacial score (nSPS) is 14.7. The van der Waals surface area contributed by atoms with Crippen LogP contribution in [0.2, 0.25) is 0 Å². The Labute approximate surface area is 242 Å². The van der Waals surface area contributed by atoms with E-state index in [9.17, 15) is 10.2 Å². The van der Waals surface area contributed by atoms with Crippen LogP contribution < -0.4 is 10.2 Å². The monoisotopic (exact) mass is 531 g/mol. The van der Waals surface area contributed by atoms with Crippen molar-refractivity contribution in [2.75, 3.05) is 0 Å². The Morgan fingerprint density at radius 2 is 0.902 bits per heavy atom. The molecule has 0 amide bonds. The molecule has 8 rings (SSSR count). The number of fused-ring (bicyclic) bond motifs is 10. The largest absolute Gasteiger partial charge is 2.00 e. The minimum absolute atomic E-state index is 0. The number of benzene rings is 4. The second-order valence-corrected chi connectivity index (χ2v) is 11.4. The molecule has 0 saturated carbocycles. The van der Waals surface area contributed by atoms with E-state index in [0.717, 1.165) is 66.6 Å². The SMILES string of the molecule is CC1(C)c2nccnc2-c2c([O-])cc3ccccc3c21.CC1(C)c2nccnc2-c2c([O-])cc3ccccc3c21.[Be+2]. The van der Waals surface area contributed by atoms with Crippen molar-refractivity contribution in [2.24, 2.45) is 0 Å². The first-order chi connectivity index (χ1) is 19.2. The van der Waals surface area contributed by atoms with Crippen molar-refractivity contribution in [3.63, 3.8) is 0 Å². The summed E-state index contributed by atoms with van der Waals surface area (Å²) in [6.45, 7) is 8.44. The van der Waals surface area contributed by atoms with E-state index >= 15 is 0 Å². The zero-order chi connectivity index (χ0) is 27.8. The molecule has 0 saturated heterocycles. The molecular formula is C34H26BeN4O2. The molecule has 0 radical (unpaired) electrons. The van der Waals surface area contributed by atoms with Gasteiger partial charge in [-0.1, -0.05) is 99.9 Å². The topological polar surface area (TPSA) is 97.7 Å². The minimum atomic E-state index is -0.293. The summed E-state index contributed by atoms with van der Waals surface area (Å²) in [7, 11) is 0. The van der Waals surface area contributed by atoms with Crippen molar-refractivity contribution >= 4 is 31.7 Å². The number of nitrogens with zero attached hydrogens (tertiary/aromatic N) is 4. The van der Waals surface area contributed by atoms with Crippen LogP contribution in [0, 0.1) is 0 Å². The van der Waals surface area contributed by atoms with E-state index in [-0.39, 0.29) is 32.5 Å². The van der Waals surface area contributed by atoms with Gasteiger partial charge in [0.25, 0.3) is 0 Å². The van der Waals surface area contributed by atoms with Crippen LogP contribution in [0.3, 0.4) is 0 Å². The summed E-state index contributed by atoms with van der Waals surface area (Å²) in [4.78, 5) is 17.7. The fourth-order valence-corrected chi connectivity index (χ4v) is 6.61. The minimum Gasteiger partial charge on any atom is -0.872 e. The molecule has 0 atom stereocenters. The Bertz CT molecular complexity index is 1860. The smallest absolute Gasteiger partial charge is 0.872 e. The molecule has 41 heavy (non-hydrogen) atoms. The first kappa shape index (κ1) is 26.5. The fraction of sp³-hybridized carbons (Fsp3) is 0.176. The van der Waals surface area contributed by atoms with Crippen LogP contribution in [0.1, 0.15) is 50.2 Å². The van der Waals surface area contributed by atoms with E-state index in [1.165, 1.54) is 0 Å². The van der Waals surface area contributed by atoms with Crippen LogP contribution in [0.4, 0.5) is 0 Å². The van der Waals surface area contributed by atoms with Crippen molar-refractivity contribution in [3.8, 4) is 34.0 Å². The van der Waals surface area contributed by atoms with E-state index in [1.807, 2.05) is 36.4 Å². The second kappa shape index (κ2) is 9.18. The maximum Gasteiger partial charge on any atom is 2.00 e. The average molecular weight is 532 g/mol. The Morgan fingerprint density at radius 1 is 0.537 bits per heavy atom. The summed E-state index contributed by atoms with van der Waals surface area (Å²) >= 11 is 0. The third-order valence-corrected chi connectivity index (χ3v) is 8.33. The maximum atomic E-state index is 12.5. The molecule has 0 fully saturated rings. The van der Waals surface area contributed by atoms with Gasteiger partial charge in [0, 0.05) is 35.6 Å².